The largest absolute Gasteiger partial charge is 0.369 e. The van der Waals surface area contributed by atoms with Crippen molar-refractivity contribution in [1.29, 1.82) is 0 Å². The van der Waals surface area contributed by atoms with E-state index in [1.165, 1.54) is 16.4 Å². The van der Waals surface area contributed by atoms with Gasteiger partial charge in [0.2, 0.25) is 10.0 Å². The summed E-state index contributed by atoms with van der Waals surface area (Å²) in [5.74, 6) is -0.269. The lowest BCUT2D eigenvalue weighted by Gasteiger charge is -2.35. The summed E-state index contributed by atoms with van der Waals surface area (Å²) < 4.78 is 40.3. The summed E-state index contributed by atoms with van der Waals surface area (Å²) in [5.41, 5.74) is 2.74. The van der Waals surface area contributed by atoms with E-state index in [9.17, 15) is 12.8 Å². The van der Waals surface area contributed by atoms with E-state index in [4.69, 9.17) is 0 Å². The van der Waals surface area contributed by atoms with Gasteiger partial charge in [-0.15, -0.1) is 0 Å². The molecule has 1 heterocycles. The molecule has 0 spiro atoms. The minimum atomic E-state index is -3.48. The number of hydrogen-bond donors (Lipinski definition) is 0. The molecule has 1 aliphatic heterocycles. The van der Waals surface area contributed by atoms with Crippen LogP contribution >= 0.6 is 0 Å². The maximum absolute atomic E-state index is 13.0. The van der Waals surface area contributed by atoms with Gasteiger partial charge >= 0.3 is 0 Å². The van der Waals surface area contributed by atoms with Gasteiger partial charge in [0.05, 0.1) is 4.90 Å². The minimum Gasteiger partial charge on any atom is -0.369 e. The molecule has 0 atom stereocenters. The fourth-order valence-electron chi connectivity index (χ4n) is 3.07. The number of piperazine rings is 1. The van der Waals surface area contributed by atoms with Crippen molar-refractivity contribution in [2.45, 2.75) is 18.7 Å². The highest BCUT2D eigenvalue weighted by Gasteiger charge is 2.29. The lowest BCUT2D eigenvalue weighted by molar-refractivity contribution is 0.384. The second-order valence-electron chi connectivity index (χ2n) is 6.14. The maximum atomic E-state index is 13.0. The first-order valence-corrected chi connectivity index (χ1v) is 9.40. The average molecular weight is 348 g/mol. The van der Waals surface area contributed by atoms with Crippen molar-refractivity contribution >= 4 is 15.7 Å². The van der Waals surface area contributed by atoms with Crippen molar-refractivity contribution < 1.29 is 12.8 Å². The SMILES string of the molecule is Cc1ccc(S(=O)(=O)N2CCN(c3ccc(F)cc3)CC2)c(C)c1. The molecule has 1 aliphatic rings. The van der Waals surface area contributed by atoms with Crippen molar-refractivity contribution in [1.82, 2.24) is 4.31 Å². The van der Waals surface area contributed by atoms with E-state index in [0.29, 0.717) is 31.1 Å². The van der Waals surface area contributed by atoms with Gasteiger partial charge in [-0.1, -0.05) is 17.7 Å². The van der Waals surface area contributed by atoms with Crippen LogP contribution in [0.3, 0.4) is 0 Å². The van der Waals surface area contributed by atoms with Crippen LogP contribution in [0.1, 0.15) is 11.1 Å². The van der Waals surface area contributed by atoms with Crippen molar-refractivity contribution in [3.8, 4) is 0 Å². The molecule has 0 saturated carbocycles. The molecule has 4 nitrogen and oxygen atoms in total. The molecule has 0 radical (unpaired) electrons. The second-order valence-corrected chi connectivity index (χ2v) is 8.04. The summed E-state index contributed by atoms with van der Waals surface area (Å²) in [4.78, 5) is 2.45. The number of anilines is 1. The molecule has 3 rings (SSSR count). The summed E-state index contributed by atoms with van der Waals surface area (Å²) >= 11 is 0. The third kappa shape index (κ3) is 3.30. The van der Waals surface area contributed by atoms with Gasteiger partial charge in [-0.25, -0.2) is 12.8 Å². The Labute approximate surface area is 142 Å². The van der Waals surface area contributed by atoms with Crippen LogP contribution in [-0.4, -0.2) is 38.9 Å². The Morgan fingerprint density at radius 2 is 1.54 bits per heavy atom. The lowest BCUT2D eigenvalue weighted by Crippen LogP contribution is -2.48. The van der Waals surface area contributed by atoms with E-state index < -0.39 is 10.0 Å². The Kier molecular flexibility index (Phi) is 4.60. The van der Waals surface area contributed by atoms with E-state index in [1.54, 1.807) is 18.2 Å². The van der Waals surface area contributed by atoms with Crippen molar-refractivity contribution in [3.63, 3.8) is 0 Å². The number of halogens is 1. The zero-order valence-electron chi connectivity index (χ0n) is 13.9. The van der Waals surface area contributed by atoms with Crippen LogP contribution in [0.5, 0.6) is 0 Å². The summed E-state index contributed by atoms with van der Waals surface area (Å²) in [6.07, 6.45) is 0. The van der Waals surface area contributed by atoms with Crippen LogP contribution in [0.15, 0.2) is 47.4 Å². The molecule has 0 bridgehead atoms. The fraction of sp³-hybridized carbons (Fsp3) is 0.333. The zero-order chi connectivity index (χ0) is 17.3. The molecule has 0 aromatic heterocycles. The molecular weight excluding hydrogens is 327 g/mol. The van der Waals surface area contributed by atoms with Crippen LogP contribution < -0.4 is 4.90 Å². The number of sulfonamides is 1. The average Bonchev–Trinajstić information content (AvgIpc) is 2.55. The van der Waals surface area contributed by atoms with Gasteiger partial charge in [0.15, 0.2) is 0 Å². The molecule has 1 saturated heterocycles. The van der Waals surface area contributed by atoms with Crippen molar-refractivity contribution in [2.24, 2.45) is 0 Å². The van der Waals surface area contributed by atoms with Gasteiger partial charge < -0.3 is 4.90 Å². The first kappa shape index (κ1) is 16.9. The third-order valence-corrected chi connectivity index (χ3v) is 6.44. The van der Waals surface area contributed by atoms with Gasteiger partial charge in [0, 0.05) is 31.9 Å². The molecule has 1 fully saturated rings. The summed E-state index contributed by atoms with van der Waals surface area (Å²) in [7, 11) is -3.48. The quantitative estimate of drug-likeness (QED) is 0.856. The Balaban J connectivity index is 1.75. The van der Waals surface area contributed by atoms with Gasteiger partial charge in [-0.2, -0.15) is 4.31 Å². The Morgan fingerprint density at radius 1 is 0.917 bits per heavy atom. The van der Waals surface area contributed by atoms with Crippen LogP contribution in [0.25, 0.3) is 0 Å². The normalized spacial score (nSPS) is 16.4. The molecule has 0 aliphatic carbocycles. The summed E-state index contributed by atoms with van der Waals surface area (Å²) in [5, 5.41) is 0. The van der Waals surface area contributed by atoms with E-state index in [2.05, 4.69) is 4.90 Å². The topological polar surface area (TPSA) is 40.6 Å². The van der Waals surface area contributed by atoms with E-state index in [1.807, 2.05) is 26.0 Å². The Bertz CT molecular complexity index is 827. The zero-order valence-corrected chi connectivity index (χ0v) is 14.7. The lowest BCUT2D eigenvalue weighted by atomic mass is 10.2. The van der Waals surface area contributed by atoms with Crippen LogP contribution in [0, 0.1) is 19.7 Å². The summed E-state index contributed by atoms with van der Waals surface area (Å²) in [6.45, 7) is 5.81. The second kappa shape index (κ2) is 6.53. The van der Waals surface area contributed by atoms with Crippen LogP contribution in [0.2, 0.25) is 0 Å². The molecule has 6 heteroatoms. The molecule has 0 unspecified atom stereocenters. The molecule has 2 aromatic rings. The van der Waals surface area contributed by atoms with E-state index in [0.717, 1.165) is 16.8 Å². The molecule has 0 N–H and O–H groups in total. The summed E-state index contributed by atoms with van der Waals surface area (Å²) in [6, 6.07) is 11.7. The van der Waals surface area contributed by atoms with Gasteiger partial charge in [-0.3, -0.25) is 0 Å². The Hall–Kier alpha value is -1.92. The molecule has 2 aromatic carbocycles. The highest BCUT2D eigenvalue weighted by molar-refractivity contribution is 7.89. The minimum absolute atomic E-state index is 0.269. The first-order valence-electron chi connectivity index (χ1n) is 7.96. The van der Waals surface area contributed by atoms with Gasteiger partial charge in [0.25, 0.3) is 0 Å². The standard InChI is InChI=1S/C18H21FN2O2S/c1-14-3-8-18(15(2)13-14)24(22,23)21-11-9-20(10-12-21)17-6-4-16(19)5-7-17/h3-8,13H,9-12H2,1-2H3. The number of nitrogens with zero attached hydrogens (tertiary/aromatic N) is 2. The van der Waals surface area contributed by atoms with Gasteiger partial charge in [-0.05, 0) is 49.7 Å². The number of aryl methyl sites for hydroxylation is 2. The molecule has 0 amide bonds. The smallest absolute Gasteiger partial charge is 0.243 e. The molecule has 128 valence electrons. The fourth-order valence-corrected chi connectivity index (χ4v) is 4.69. The van der Waals surface area contributed by atoms with E-state index >= 15 is 0 Å². The first-order chi connectivity index (χ1) is 11.4. The number of benzene rings is 2. The maximum Gasteiger partial charge on any atom is 0.243 e. The number of hydrogen-bond acceptors (Lipinski definition) is 3. The molecule has 24 heavy (non-hydrogen) atoms. The van der Waals surface area contributed by atoms with Crippen molar-refractivity contribution in [3.05, 3.63) is 59.4 Å². The highest BCUT2D eigenvalue weighted by Crippen LogP contribution is 2.24. The van der Waals surface area contributed by atoms with Crippen molar-refractivity contribution in [2.75, 3.05) is 31.1 Å². The predicted molar refractivity (Wildman–Crippen MR) is 93.3 cm³/mol. The third-order valence-electron chi connectivity index (χ3n) is 4.38. The van der Waals surface area contributed by atoms with Gasteiger partial charge in [0.1, 0.15) is 5.82 Å². The molecular formula is C18H21FN2O2S. The highest BCUT2D eigenvalue weighted by atomic mass is 32.2. The van der Waals surface area contributed by atoms with Crippen LogP contribution in [0.4, 0.5) is 10.1 Å². The Morgan fingerprint density at radius 3 is 2.12 bits per heavy atom. The predicted octanol–water partition coefficient (Wildman–Crippen LogP) is 2.95. The van der Waals surface area contributed by atoms with E-state index in [-0.39, 0.29) is 5.82 Å². The monoisotopic (exact) mass is 348 g/mol. The number of rotatable bonds is 3. The van der Waals surface area contributed by atoms with Crippen LogP contribution in [-0.2, 0) is 10.0 Å².